The minimum absolute atomic E-state index is 0.199. The lowest BCUT2D eigenvalue weighted by molar-refractivity contribution is 0.441. The molecule has 2 nitrogen and oxygen atoms in total. The summed E-state index contributed by atoms with van der Waals surface area (Å²) in [5.74, 6) is 0. The van der Waals surface area contributed by atoms with Crippen LogP contribution in [0.2, 0.25) is 0 Å². The van der Waals surface area contributed by atoms with Gasteiger partial charge in [0.25, 0.3) is 0 Å². The first-order chi connectivity index (χ1) is 7.53. The van der Waals surface area contributed by atoms with E-state index < -0.39 is 0 Å². The molecule has 0 atom stereocenters. The molecular weight excluding hydrogens is 196 g/mol. The summed E-state index contributed by atoms with van der Waals surface area (Å²) in [5, 5.41) is 12.2. The summed E-state index contributed by atoms with van der Waals surface area (Å²) in [6, 6.07) is 10.7. The molecule has 1 rings (SSSR count). The molecule has 0 aliphatic rings. The van der Waals surface area contributed by atoms with Crippen LogP contribution in [0.5, 0.6) is 0 Å². The van der Waals surface area contributed by atoms with E-state index in [1.165, 1.54) is 5.56 Å². The van der Waals surface area contributed by atoms with Gasteiger partial charge in [0.05, 0.1) is 11.5 Å². The molecule has 0 aromatic heterocycles. The highest BCUT2D eigenvalue weighted by atomic mass is 14.9. The summed E-state index contributed by atoms with van der Waals surface area (Å²) in [5.41, 5.74) is 2.23. The number of benzene rings is 1. The van der Waals surface area contributed by atoms with Gasteiger partial charge in [-0.1, -0.05) is 17.7 Å². The third kappa shape index (κ3) is 4.35. The van der Waals surface area contributed by atoms with Crippen molar-refractivity contribution in [3.8, 4) is 6.07 Å². The smallest absolute Gasteiger partial charge is 0.0683 e. The Morgan fingerprint density at radius 2 is 1.88 bits per heavy atom. The van der Waals surface area contributed by atoms with Gasteiger partial charge < -0.3 is 5.32 Å². The van der Waals surface area contributed by atoms with Crippen LogP contribution in [0.3, 0.4) is 0 Å². The van der Waals surface area contributed by atoms with Gasteiger partial charge in [0.1, 0.15) is 0 Å². The van der Waals surface area contributed by atoms with E-state index in [0.29, 0.717) is 0 Å². The van der Waals surface area contributed by atoms with Crippen LogP contribution in [0.15, 0.2) is 24.3 Å². The van der Waals surface area contributed by atoms with Crippen LogP contribution in [0, 0.1) is 23.7 Å². The van der Waals surface area contributed by atoms with Crippen molar-refractivity contribution >= 4 is 5.69 Å². The van der Waals surface area contributed by atoms with Crippen molar-refractivity contribution in [2.45, 2.75) is 33.6 Å². The maximum atomic E-state index is 8.87. The maximum absolute atomic E-state index is 8.87. The third-order valence-electron chi connectivity index (χ3n) is 2.66. The fraction of sp³-hybridized carbons (Fsp3) is 0.500. The number of nitrogens with zero attached hydrogens (tertiary/aromatic N) is 1. The molecule has 0 aliphatic heterocycles. The van der Waals surface area contributed by atoms with Gasteiger partial charge in [-0.3, -0.25) is 0 Å². The first kappa shape index (κ1) is 12.6. The van der Waals surface area contributed by atoms with Gasteiger partial charge >= 0.3 is 0 Å². The molecule has 0 heterocycles. The molecule has 16 heavy (non-hydrogen) atoms. The van der Waals surface area contributed by atoms with Crippen LogP contribution in [-0.2, 0) is 0 Å². The molecule has 0 unspecified atom stereocenters. The topological polar surface area (TPSA) is 35.8 Å². The van der Waals surface area contributed by atoms with Gasteiger partial charge in [0, 0.05) is 12.2 Å². The summed E-state index contributed by atoms with van der Waals surface area (Å²) in [7, 11) is 0. The monoisotopic (exact) mass is 216 g/mol. The number of hydrogen-bond acceptors (Lipinski definition) is 2. The average molecular weight is 216 g/mol. The maximum Gasteiger partial charge on any atom is 0.0683 e. The molecule has 86 valence electrons. The minimum atomic E-state index is -0.199. The fourth-order valence-electron chi connectivity index (χ4n) is 1.49. The van der Waals surface area contributed by atoms with Gasteiger partial charge in [0.15, 0.2) is 0 Å². The number of nitrogens with one attached hydrogen (secondary N) is 1. The predicted molar refractivity (Wildman–Crippen MR) is 68.3 cm³/mol. The van der Waals surface area contributed by atoms with Crippen LogP contribution in [0.25, 0.3) is 0 Å². The van der Waals surface area contributed by atoms with Gasteiger partial charge in [-0.25, -0.2) is 0 Å². The molecule has 0 amide bonds. The lowest BCUT2D eigenvalue weighted by Crippen LogP contribution is -2.11. The zero-order valence-electron chi connectivity index (χ0n) is 10.4. The normalized spacial score (nSPS) is 10.9. The number of nitriles is 1. The fourth-order valence-corrected chi connectivity index (χ4v) is 1.49. The molecule has 0 radical (unpaired) electrons. The van der Waals surface area contributed by atoms with Crippen LogP contribution >= 0.6 is 0 Å². The molecule has 0 fully saturated rings. The van der Waals surface area contributed by atoms with E-state index in [-0.39, 0.29) is 5.41 Å². The summed E-state index contributed by atoms with van der Waals surface area (Å²) >= 11 is 0. The van der Waals surface area contributed by atoms with Crippen molar-refractivity contribution in [3.63, 3.8) is 0 Å². The van der Waals surface area contributed by atoms with Crippen LogP contribution < -0.4 is 5.32 Å². The Kier molecular flexibility index (Phi) is 4.37. The van der Waals surface area contributed by atoms with Crippen molar-refractivity contribution in [1.29, 1.82) is 5.26 Å². The molecule has 1 aromatic rings. The van der Waals surface area contributed by atoms with Gasteiger partial charge in [0.2, 0.25) is 0 Å². The predicted octanol–water partition coefficient (Wildman–Crippen LogP) is 3.74. The Morgan fingerprint density at radius 1 is 1.25 bits per heavy atom. The molecule has 0 bridgehead atoms. The second-order valence-electron chi connectivity index (χ2n) is 4.89. The molecule has 0 aliphatic carbocycles. The second-order valence-corrected chi connectivity index (χ2v) is 4.89. The molecule has 1 aromatic carbocycles. The van der Waals surface area contributed by atoms with Gasteiger partial charge in [-0.15, -0.1) is 0 Å². The van der Waals surface area contributed by atoms with Crippen LogP contribution in [0.4, 0.5) is 5.69 Å². The SMILES string of the molecule is Cc1ccc(NCCCC(C)(C)C#N)cc1. The summed E-state index contributed by atoms with van der Waals surface area (Å²) in [6.07, 6.45) is 1.96. The van der Waals surface area contributed by atoms with Crippen LogP contribution in [0.1, 0.15) is 32.3 Å². The van der Waals surface area contributed by atoms with Gasteiger partial charge in [-0.2, -0.15) is 5.26 Å². The zero-order valence-corrected chi connectivity index (χ0v) is 10.4. The molecule has 0 saturated carbocycles. The van der Waals surface area contributed by atoms with E-state index in [0.717, 1.165) is 25.1 Å². The second kappa shape index (κ2) is 5.55. The Balaban J connectivity index is 2.27. The minimum Gasteiger partial charge on any atom is -0.385 e. The molecule has 2 heteroatoms. The molecule has 1 N–H and O–H groups in total. The number of hydrogen-bond donors (Lipinski definition) is 1. The van der Waals surface area contributed by atoms with Crippen molar-refractivity contribution in [2.75, 3.05) is 11.9 Å². The summed E-state index contributed by atoms with van der Waals surface area (Å²) < 4.78 is 0. The van der Waals surface area contributed by atoms with Crippen molar-refractivity contribution in [2.24, 2.45) is 5.41 Å². The number of rotatable bonds is 5. The lowest BCUT2D eigenvalue weighted by Gasteiger charge is -2.15. The average Bonchev–Trinajstić information content (AvgIpc) is 2.27. The highest BCUT2D eigenvalue weighted by Gasteiger charge is 2.15. The van der Waals surface area contributed by atoms with E-state index in [1.807, 2.05) is 13.8 Å². The van der Waals surface area contributed by atoms with E-state index in [1.54, 1.807) is 0 Å². The Morgan fingerprint density at radius 3 is 2.44 bits per heavy atom. The van der Waals surface area contributed by atoms with Crippen LogP contribution in [-0.4, -0.2) is 6.54 Å². The highest BCUT2D eigenvalue weighted by Crippen LogP contribution is 2.20. The van der Waals surface area contributed by atoms with E-state index in [9.17, 15) is 0 Å². The Labute approximate surface area is 98.3 Å². The van der Waals surface area contributed by atoms with Crippen molar-refractivity contribution < 1.29 is 0 Å². The molecule has 0 saturated heterocycles. The molecule has 0 spiro atoms. The number of aryl methyl sites for hydroxylation is 1. The number of anilines is 1. The standard InChI is InChI=1S/C14H20N2/c1-12-5-7-13(8-6-12)16-10-4-9-14(2,3)11-15/h5-8,16H,4,9-10H2,1-3H3. The quantitative estimate of drug-likeness (QED) is 0.761. The molecular formula is C14H20N2. The van der Waals surface area contributed by atoms with E-state index in [2.05, 4.69) is 42.6 Å². The lowest BCUT2D eigenvalue weighted by atomic mass is 9.90. The third-order valence-corrected chi connectivity index (χ3v) is 2.66. The first-order valence-corrected chi connectivity index (χ1v) is 5.75. The first-order valence-electron chi connectivity index (χ1n) is 5.75. The summed E-state index contributed by atoms with van der Waals surface area (Å²) in [6.45, 7) is 6.98. The largest absolute Gasteiger partial charge is 0.385 e. The van der Waals surface area contributed by atoms with E-state index in [4.69, 9.17) is 5.26 Å². The van der Waals surface area contributed by atoms with Crippen molar-refractivity contribution in [1.82, 2.24) is 0 Å². The Bertz CT molecular complexity index is 357. The van der Waals surface area contributed by atoms with Gasteiger partial charge in [-0.05, 0) is 45.7 Å². The zero-order chi connectivity index (χ0) is 12.0. The van der Waals surface area contributed by atoms with E-state index >= 15 is 0 Å². The Hall–Kier alpha value is -1.49. The van der Waals surface area contributed by atoms with Crippen molar-refractivity contribution in [3.05, 3.63) is 29.8 Å². The summed E-state index contributed by atoms with van der Waals surface area (Å²) in [4.78, 5) is 0. The highest BCUT2D eigenvalue weighted by molar-refractivity contribution is 5.44.